The van der Waals surface area contributed by atoms with E-state index in [2.05, 4.69) is 20.5 Å². The summed E-state index contributed by atoms with van der Waals surface area (Å²) in [5, 5.41) is 13.0. The second kappa shape index (κ2) is 6.49. The van der Waals surface area contributed by atoms with Crippen molar-refractivity contribution in [2.45, 2.75) is 0 Å². The van der Waals surface area contributed by atoms with Gasteiger partial charge in [-0.3, -0.25) is 14.9 Å². The normalized spacial score (nSPS) is 10.8. The maximum atomic E-state index is 12.3. The number of thiazole rings is 1. The molecule has 3 heterocycles. The summed E-state index contributed by atoms with van der Waals surface area (Å²) in [7, 11) is 1.60. The Hall–Kier alpha value is -3.39. The van der Waals surface area contributed by atoms with Gasteiger partial charge in [0.25, 0.3) is 5.91 Å². The van der Waals surface area contributed by atoms with Crippen LogP contribution in [-0.4, -0.2) is 25.7 Å². The van der Waals surface area contributed by atoms with Crippen LogP contribution < -0.4 is 10.9 Å². The van der Waals surface area contributed by atoms with E-state index in [1.807, 2.05) is 18.2 Å². The van der Waals surface area contributed by atoms with E-state index >= 15 is 0 Å². The molecule has 3 aromatic heterocycles. The molecule has 0 aliphatic carbocycles. The van der Waals surface area contributed by atoms with Crippen LogP contribution in [0, 0.1) is 0 Å². The molecule has 0 unspecified atom stereocenters. The third kappa shape index (κ3) is 3.09. The van der Waals surface area contributed by atoms with Gasteiger partial charge in [-0.15, -0.1) is 0 Å². The first-order valence-corrected chi connectivity index (χ1v) is 8.56. The maximum Gasteiger partial charge on any atom is 0.258 e. The van der Waals surface area contributed by atoms with Gasteiger partial charge in [0.2, 0.25) is 5.56 Å². The third-order valence-electron chi connectivity index (χ3n) is 3.91. The van der Waals surface area contributed by atoms with Gasteiger partial charge < -0.3 is 4.57 Å². The number of fused-ring (bicyclic) bond motifs is 1. The van der Waals surface area contributed by atoms with Gasteiger partial charge in [0, 0.05) is 36.3 Å². The quantitative estimate of drug-likeness (QED) is 0.604. The van der Waals surface area contributed by atoms with Crippen molar-refractivity contribution in [1.29, 1.82) is 0 Å². The first kappa shape index (κ1) is 16.1. The van der Waals surface area contributed by atoms with Crippen molar-refractivity contribution in [1.82, 2.24) is 19.7 Å². The second-order valence-electron chi connectivity index (χ2n) is 5.68. The number of hydrogen-bond acceptors (Lipinski definition) is 6. The van der Waals surface area contributed by atoms with Gasteiger partial charge in [0.05, 0.1) is 22.8 Å². The fourth-order valence-corrected chi connectivity index (χ4v) is 3.32. The molecule has 1 aromatic carbocycles. The van der Waals surface area contributed by atoms with E-state index in [0.717, 1.165) is 21.2 Å². The summed E-state index contributed by atoms with van der Waals surface area (Å²) in [5.74, 6) is -0.310. The summed E-state index contributed by atoms with van der Waals surface area (Å²) in [6.45, 7) is 0. The smallest absolute Gasteiger partial charge is 0.258 e. The first-order chi connectivity index (χ1) is 12.6. The molecule has 26 heavy (non-hydrogen) atoms. The maximum absolute atomic E-state index is 12.3. The van der Waals surface area contributed by atoms with Crippen LogP contribution >= 0.6 is 11.3 Å². The highest BCUT2D eigenvalue weighted by atomic mass is 32.1. The molecule has 0 saturated heterocycles. The Morgan fingerprint density at radius 3 is 2.69 bits per heavy atom. The number of aromatic nitrogens is 4. The van der Waals surface area contributed by atoms with Crippen molar-refractivity contribution >= 4 is 33.1 Å². The highest BCUT2D eigenvalue weighted by Gasteiger charge is 2.11. The minimum absolute atomic E-state index is 0.168. The van der Waals surface area contributed by atoms with Crippen molar-refractivity contribution in [2.75, 3.05) is 5.32 Å². The van der Waals surface area contributed by atoms with E-state index in [1.165, 1.54) is 34.2 Å². The van der Waals surface area contributed by atoms with Gasteiger partial charge in [-0.25, -0.2) is 4.98 Å². The minimum Gasteiger partial charge on any atom is -0.318 e. The predicted octanol–water partition coefficient (Wildman–Crippen LogP) is 2.70. The molecule has 0 spiro atoms. The predicted molar refractivity (Wildman–Crippen MR) is 100 cm³/mol. The van der Waals surface area contributed by atoms with Crippen molar-refractivity contribution in [3.63, 3.8) is 0 Å². The number of amides is 1. The van der Waals surface area contributed by atoms with Crippen LogP contribution in [0.3, 0.4) is 0 Å². The van der Waals surface area contributed by atoms with Crippen LogP contribution in [0.2, 0.25) is 0 Å². The molecule has 128 valence electrons. The van der Waals surface area contributed by atoms with Gasteiger partial charge in [0.1, 0.15) is 0 Å². The number of nitrogens with one attached hydrogen (secondary N) is 1. The van der Waals surface area contributed by atoms with Crippen LogP contribution in [0.5, 0.6) is 0 Å². The highest BCUT2D eigenvalue weighted by Crippen LogP contribution is 2.31. The summed E-state index contributed by atoms with van der Waals surface area (Å²) >= 11 is 1.38. The molecular weight excluding hydrogens is 350 g/mol. The van der Waals surface area contributed by atoms with Crippen molar-refractivity contribution in [3.05, 3.63) is 71.0 Å². The van der Waals surface area contributed by atoms with E-state index in [9.17, 15) is 9.59 Å². The Morgan fingerprint density at radius 2 is 1.88 bits per heavy atom. The average molecular weight is 363 g/mol. The number of benzene rings is 1. The number of aryl methyl sites for hydroxylation is 1. The lowest BCUT2D eigenvalue weighted by atomic mass is 10.1. The van der Waals surface area contributed by atoms with Crippen LogP contribution in [-0.2, 0) is 7.05 Å². The number of nitrogens with zero attached hydrogens (tertiary/aromatic N) is 4. The SMILES string of the molecule is Cn1cc(C(=O)Nc2ncc(-c3ccc4cnncc4c3)s2)ccc1=O. The number of hydrogen-bond donors (Lipinski definition) is 1. The summed E-state index contributed by atoms with van der Waals surface area (Å²) in [6, 6.07) is 8.82. The molecule has 8 heteroatoms. The Morgan fingerprint density at radius 1 is 1.08 bits per heavy atom. The van der Waals surface area contributed by atoms with Crippen LogP contribution in [0.4, 0.5) is 5.13 Å². The van der Waals surface area contributed by atoms with Gasteiger partial charge in [-0.2, -0.15) is 10.2 Å². The van der Waals surface area contributed by atoms with Gasteiger partial charge in [-0.05, 0) is 17.7 Å². The van der Waals surface area contributed by atoms with E-state index in [-0.39, 0.29) is 11.5 Å². The zero-order valence-corrected chi connectivity index (χ0v) is 14.5. The molecule has 0 aliphatic heterocycles. The molecule has 4 aromatic rings. The Kier molecular flexibility index (Phi) is 4.02. The zero-order valence-electron chi connectivity index (χ0n) is 13.7. The van der Waals surface area contributed by atoms with E-state index < -0.39 is 0 Å². The molecular formula is C18H13N5O2S. The Balaban J connectivity index is 1.58. The Bertz CT molecular complexity index is 1180. The van der Waals surface area contributed by atoms with Crippen molar-refractivity contribution in [3.8, 4) is 10.4 Å². The molecule has 0 aliphatic rings. The van der Waals surface area contributed by atoms with Crippen LogP contribution in [0.1, 0.15) is 10.4 Å². The fraction of sp³-hybridized carbons (Fsp3) is 0.0556. The third-order valence-corrected chi connectivity index (χ3v) is 4.87. The van der Waals surface area contributed by atoms with Crippen LogP contribution in [0.25, 0.3) is 21.2 Å². The van der Waals surface area contributed by atoms with E-state index in [4.69, 9.17) is 0 Å². The summed E-state index contributed by atoms with van der Waals surface area (Å²) < 4.78 is 1.36. The van der Waals surface area contributed by atoms with Gasteiger partial charge >= 0.3 is 0 Å². The molecule has 0 fully saturated rings. The minimum atomic E-state index is -0.310. The number of rotatable bonds is 3. The molecule has 0 radical (unpaired) electrons. The number of carbonyl (C=O) groups excluding carboxylic acids is 1. The molecule has 4 rings (SSSR count). The average Bonchev–Trinajstić information content (AvgIpc) is 3.12. The highest BCUT2D eigenvalue weighted by molar-refractivity contribution is 7.19. The number of pyridine rings is 1. The van der Waals surface area contributed by atoms with Crippen molar-refractivity contribution < 1.29 is 4.79 Å². The zero-order chi connectivity index (χ0) is 18.1. The summed E-state index contributed by atoms with van der Waals surface area (Å²) in [6.07, 6.45) is 6.64. The van der Waals surface area contributed by atoms with Crippen molar-refractivity contribution in [2.24, 2.45) is 7.05 Å². The van der Waals surface area contributed by atoms with Crippen LogP contribution in [0.15, 0.2) is 59.9 Å². The summed E-state index contributed by atoms with van der Waals surface area (Å²) in [5.41, 5.74) is 1.22. The van der Waals surface area contributed by atoms with E-state index in [1.54, 1.807) is 25.6 Å². The topological polar surface area (TPSA) is 89.8 Å². The molecule has 0 saturated carbocycles. The summed E-state index contributed by atoms with van der Waals surface area (Å²) in [4.78, 5) is 28.9. The fourth-order valence-electron chi connectivity index (χ4n) is 2.51. The molecule has 1 amide bonds. The Labute approximate surface area is 152 Å². The molecule has 7 nitrogen and oxygen atoms in total. The van der Waals surface area contributed by atoms with Gasteiger partial charge in [0.15, 0.2) is 5.13 Å². The number of carbonyl (C=O) groups is 1. The molecule has 0 atom stereocenters. The molecule has 0 bridgehead atoms. The standard InChI is InChI=1S/C18H13N5O2S/c1-23-10-13(4-5-16(23)24)17(25)22-18-19-9-15(26-18)11-2-3-12-7-20-21-8-14(12)6-11/h2-10H,1H3,(H,19,22,25). The lowest BCUT2D eigenvalue weighted by Crippen LogP contribution is -2.19. The lowest BCUT2D eigenvalue weighted by molar-refractivity contribution is 0.102. The largest absolute Gasteiger partial charge is 0.318 e. The second-order valence-corrected chi connectivity index (χ2v) is 6.71. The van der Waals surface area contributed by atoms with Gasteiger partial charge in [-0.1, -0.05) is 23.5 Å². The molecule has 1 N–H and O–H groups in total. The lowest BCUT2D eigenvalue weighted by Gasteiger charge is -2.03. The van der Waals surface area contributed by atoms with E-state index in [0.29, 0.717) is 10.7 Å². The number of anilines is 1. The monoisotopic (exact) mass is 363 g/mol. The first-order valence-electron chi connectivity index (χ1n) is 7.75.